The molecule has 2 unspecified atom stereocenters. The van der Waals surface area contributed by atoms with Crippen LogP contribution in [-0.2, 0) is 9.59 Å². The van der Waals surface area contributed by atoms with Gasteiger partial charge in [0.2, 0.25) is 0 Å². The van der Waals surface area contributed by atoms with Gasteiger partial charge in [0.25, 0.3) is 11.8 Å². The van der Waals surface area contributed by atoms with Gasteiger partial charge < -0.3 is 9.80 Å². The molecule has 0 aliphatic carbocycles. The fourth-order valence-corrected chi connectivity index (χ4v) is 7.35. The second kappa shape index (κ2) is 9.22. The van der Waals surface area contributed by atoms with Crippen molar-refractivity contribution in [3.8, 4) is 0 Å². The lowest BCUT2D eigenvalue weighted by molar-refractivity contribution is -0.124. The highest BCUT2D eigenvalue weighted by Gasteiger charge is 2.51. The first-order chi connectivity index (χ1) is 15.2. The Morgan fingerprint density at radius 2 is 1.66 bits per heavy atom. The molecule has 0 saturated carbocycles. The highest BCUT2D eigenvalue weighted by atomic mass is 32.2. The average Bonchev–Trinajstić information content (AvgIpc) is 3.45. The van der Waals surface area contributed by atoms with Crippen LogP contribution in [0.3, 0.4) is 0 Å². The summed E-state index contributed by atoms with van der Waals surface area (Å²) in [6.45, 7) is 14.1. The third-order valence-electron chi connectivity index (χ3n) is 6.05. The molecule has 0 radical (unpaired) electrons. The quantitative estimate of drug-likeness (QED) is 0.489. The Hall–Kier alpha value is -1.79. The summed E-state index contributed by atoms with van der Waals surface area (Å²) in [6.07, 6.45) is 6.25. The van der Waals surface area contributed by atoms with E-state index in [4.69, 9.17) is 0 Å². The molecule has 1 aromatic rings. The summed E-state index contributed by atoms with van der Waals surface area (Å²) in [5.41, 5.74) is 3.12. The largest absolute Gasteiger partial charge is 0.310 e. The van der Waals surface area contributed by atoms with Gasteiger partial charge in [0, 0.05) is 34.2 Å². The van der Waals surface area contributed by atoms with Crippen LogP contribution in [0.15, 0.2) is 35.1 Å². The Morgan fingerprint density at radius 1 is 1.00 bits per heavy atom. The molecule has 6 heteroatoms. The van der Waals surface area contributed by atoms with Crippen molar-refractivity contribution in [1.82, 2.24) is 9.80 Å². The van der Waals surface area contributed by atoms with E-state index in [-0.39, 0.29) is 17.1 Å². The number of nitrogens with zero attached hydrogens (tertiary/aromatic N) is 2. The van der Waals surface area contributed by atoms with E-state index in [2.05, 4.69) is 52.8 Å². The number of hydrogen-bond donors (Lipinski definition) is 0. The van der Waals surface area contributed by atoms with Crippen LogP contribution in [-0.4, -0.2) is 45.2 Å². The zero-order chi connectivity index (χ0) is 23.2. The first kappa shape index (κ1) is 23.4. The van der Waals surface area contributed by atoms with Crippen LogP contribution in [0.25, 0.3) is 11.8 Å². The fourth-order valence-electron chi connectivity index (χ4n) is 4.84. The van der Waals surface area contributed by atoms with E-state index >= 15 is 0 Å². The average molecular weight is 471 g/mol. The maximum absolute atomic E-state index is 13.9. The molecule has 2 amide bonds. The molecule has 4 nitrogen and oxygen atoms in total. The summed E-state index contributed by atoms with van der Waals surface area (Å²) in [7, 11) is 0. The van der Waals surface area contributed by atoms with Crippen molar-refractivity contribution in [3.63, 3.8) is 0 Å². The number of hydrogen-bond acceptors (Lipinski definition) is 4. The molecule has 172 valence electrons. The van der Waals surface area contributed by atoms with Crippen molar-refractivity contribution in [2.24, 2.45) is 11.8 Å². The van der Waals surface area contributed by atoms with Crippen molar-refractivity contribution < 1.29 is 9.59 Å². The van der Waals surface area contributed by atoms with Crippen LogP contribution in [0.5, 0.6) is 0 Å². The molecule has 3 aliphatic rings. The molecule has 2 atom stereocenters. The van der Waals surface area contributed by atoms with E-state index in [0.29, 0.717) is 41.3 Å². The van der Waals surface area contributed by atoms with Gasteiger partial charge in [0.05, 0.1) is 21.7 Å². The number of amides is 2. The van der Waals surface area contributed by atoms with Gasteiger partial charge in [-0.05, 0) is 49.8 Å². The summed E-state index contributed by atoms with van der Waals surface area (Å²) in [5.74, 6) is 0.681. The summed E-state index contributed by atoms with van der Waals surface area (Å²) in [5, 5.41) is 0.770. The van der Waals surface area contributed by atoms with E-state index in [1.54, 1.807) is 11.3 Å². The predicted octanol–water partition coefficient (Wildman–Crippen LogP) is 6.03. The number of thioether (sulfide) groups is 1. The number of rotatable bonds is 7. The van der Waals surface area contributed by atoms with E-state index in [0.717, 1.165) is 34.0 Å². The van der Waals surface area contributed by atoms with Crippen LogP contribution in [0.2, 0.25) is 0 Å². The summed E-state index contributed by atoms with van der Waals surface area (Å²) in [4.78, 5) is 33.7. The Morgan fingerprint density at radius 3 is 2.25 bits per heavy atom. The molecule has 4 rings (SSSR count). The zero-order valence-electron chi connectivity index (χ0n) is 20.0. The first-order valence-electron chi connectivity index (χ1n) is 11.7. The normalized spacial score (nSPS) is 24.0. The van der Waals surface area contributed by atoms with Crippen molar-refractivity contribution in [2.75, 3.05) is 13.1 Å². The third-order valence-corrected chi connectivity index (χ3v) is 8.59. The topological polar surface area (TPSA) is 40.6 Å². The van der Waals surface area contributed by atoms with Crippen LogP contribution in [0.1, 0.15) is 64.1 Å². The Kier molecular flexibility index (Phi) is 6.73. The monoisotopic (exact) mass is 470 g/mol. The standard InChI is InChI=1S/C26H34N2O2S2/c1-7-8-18-10-12-20(32-18)24-22-21(25(29)28(24)14-16(4)5)23(19-11-9-17(6)31-19)27(26(22)30)13-15(2)3/h7-8,10,12,15-17,19H,9,11,13-14H2,1-6H3/b8-7+. The lowest BCUT2D eigenvalue weighted by atomic mass is 10.0. The number of fused-ring (bicyclic) bond motifs is 1. The van der Waals surface area contributed by atoms with Gasteiger partial charge in [-0.15, -0.1) is 23.1 Å². The van der Waals surface area contributed by atoms with Gasteiger partial charge in [-0.3, -0.25) is 9.59 Å². The SMILES string of the molecule is C/C=C/c1ccc(C2=C3C(=O)N(CC(C)C)C(C4CCC(C)S4)=C3C(=O)N2CC(C)C)s1. The van der Waals surface area contributed by atoms with Crippen molar-refractivity contribution in [1.29, 1.82) is 0 Å². The molecule has 1 fully saturated rings. The molecule has 0 aromatic carbocycles. The van der Waals surface area contributed by atoms with Gasteiger partial charge >= 0.3 is 0 Å². The van der Waals surface area contributed by atoms with Gasteiger partial charge in [-0.1, -0.05) is 40.7 Å². The Labute approximate surface area is 200 Å². The molecular weight excluding hydrogens is 436 g/mol. The van der Waals surface area contributed by atoms with E-state index < -0.39 is 0 Å². The number of carbonyl (C=O) groups is 2. The zero-order valence-corrected chi connectivity index (χ0v) is 21.6. The molecule has 1 aromatic heterocycles. The second-order valence-electron chi connectivity index (χ2n) is 9.82. The molecule has 0 bridgehead atoms. The van der Waals surface area contributed by atoms with Crippen LogP contribution < -0.4 is 0 Å². The summed E-state index contributed by atoms with van der Waals surface area (Å²) < 4.78 is 0. The van der Waals surface area contributed by atoms with Crippen molar-refractivity contribution in [3.05, 3.63) is 44.8 Å². The van der Waals surface area contributed by atoms with Crippen molar-refractivity contribution >= 4 is 46.7 Å². The molecule has 4 heterocycles. The maximum atomic E-state index is 13.9. The van der Waals surface area contributed by atoms with Crippen LogP contribution in [0, 0.1) is 11.8 Å². The number of thiophene rings is 1. The van der Waals surface area contributed by atoms with E-state index in [9.17, 15) is 9.59 Å². The molecular formula is C26H34N2O2S2. The molecule has 0 N–H and O–H groups in total. The summed E-state index contributed by atoms with van der Waals surface area (Å²) in [6, 6.07) is 4.14. The third kappa shape index (κ3) is 4.12. The van der Waals surface area contributed by atoms with Gasteiger partial charge in [0.1, 0.15) is 0 Å². The Balaban J connectivity index is 1.91. The second-order valence-corrected chi connectivity index (χ2v) is 12.6. The number of allylic oxidation sites excluding steroid dienone is 1. The minimum absolute atomic E-state index is 0.0134. The smallest absolute Gasteiger partial charge is 0.261 e. The van der Waals surface area contributed by atoms with E-state index in [1.807, 2.05) is 34.6 Å². The first-order valence-corrected chi connectivity index (χ1v) is 13.5. The van der Waals surface area contributed by atoms with E-state index in [1.165, 1.54) is 0 Å². The number of carbonyl (C=O) groups excluding carboxylic acids is 2. The minimum Gasteiger partial charge on any atom is -0.310 e. The maximum Gasteiger partial charge on any atom is 0.261 e. The molecule has 3 aliphatic heterocycles. The molecule has 0 spiro atoms. The minimum atomic E-state index is 0.0134. The molecule has 32 heavy (non-hydrogen) atoms. The highest BCUT2D eigenvalue weighted by molar-refractivity contribution is 8.00. The van der Waals surface area contributed by atoms with Gasteiger partial charge in [-0.2, -0.15) is 0 Å². The highest BCUT2D eigenvalue weighted by Crippen LogP contribution is 2.50. The fraction of sp³-hybridized carbons (Fsp3) is 0.538. The van der Waals surface area contributed by atoms with Gasteiger partial charge in [0.15, 0.2) is 0 Å². The predicted molar refractivity (Wildman–Crippen MR) is 136 cm³/mol. The van der Waals surface area contributed by atoms with Gasteiger partial charge in [-0.25, -0.2) is 0 Å². The Bertz CT molecular complexity index is 1010. The lowest BCUT2D eigenvalue weighted by Crippen LogP contribution is -2.36. The molecule has 1 saturated heterocycles. The van der Waals surface area contributed by atoms with Crippen LogP contribution >= 0.6 is 23.1 Å². The summed E-state index contributed by atoms with van der Waals surface area (Å²) >= 11 is 3.57. The van der Waals surface area contributed by atoms with Crippen LogP contribution in [0.4, 0.5) is 0 Å². The van der Waals surface area contributed by atoms with Crippen molar-refractivity contribution in [2.45, 2.75) is 64.9 Å². The lowest BCUT2D eigenvalue weighted by Gasteiger charge is -2.28.